The van der Waals surface area contributed by atoms with Crippen LogP contribution in [0.15, 0.2) is 29.1 Å². The predicted octanol–water partition coefficient (Wildman–Crippen LogP) is 4.20. The fraction of sp³-hybridized carbons (Fsp3) is 0.562. The minimum atomic E-state index is 0.376. The Kier molecular flexibility index (Phi) is 5.80. The zero-order valence-electron chi connectivity index (χ0n) is 12.7. The van der Waals surface area contributed by atoms with E-state index in [4.69, 9.17) is 5.10 Å². The molecule has 2 heterocycles. The molecule has 110 valence electrons. The summed E-state index contributed by atoms with van der Waals surface area (Å²) in [5.74, 6) is 0. The van der Waals surface area contributed by atoms with Gasteiger partial charge in [0.25, 0.3) is 0 Å². The lowest BCUT2D eigenvalue weighted by molar-refractivity contribution is 0.465. The summed E-state index contributed by atoms with van der Waals surface area (Å²) in [7, 11) is 0. The zero-order chi connectivity index (χ0) is 14.4. The van der Waals surface area contributed by atoms with Crippen LogP contribution in [0, 0.1) is 0 Å². The molecule has 0 aliphatic carbocycles. The van der Waals surface area contributed by atoms with Gasteiger partial charge in [0, 0.05) is 24.7 Å². The smallest absolute Gasteiger partial charge is 0.0643 e. The highest BCUT2D eigenvalue weighted by molar-refractivity contribution is 7.07. The Morgan fingerprint density at radius 2 is 2.20 bits per heavy atom. The number of hydrogen-bond acceptors (Lipinski definition) is 3. The number of rotatable bonds is 8. The molecule has 2 aromatic heterocycles. The highest BCUT2D eigenvalue weighted by atomic mass is 32.1. The van der Waals surface area contributed by atoms with E-state index in [-0.39, 0.29) is 0 Å². The van der Waals surface area contributed by atoms with Crippen molar-refractivity contribution in [1.82, 2.24) is 15.1 Å². The van der Waals surface area contributed by atoms with E-state index in [0.717, 1.165) is 25.8 Å². The first kappa shape index (κ1) is 15.3. The van der Waals surface area contributed by atoms with Crippen LogP contribution in [0.25, 0.3) is 0 Å². The molecule has 20 heavy (non-hydrogen) atoms. The molecule has 0 aliphatic rings. The lowest BCUT2D eigenvalue weighted by atomic mass is 10.1. The van der Waals surface area contributed by atoms with E-state index in [2.05, 4.69) is 59.9 Å². The molecule has 0 bridgehead atoms. The quantitative estimate of drug-likeness (QED) is 0.790. The van der Waals surface area contributed by atoms with Gasteiger partial charge in [-0.1, -0.05) is 13.8 Å². The average Bonchev–Trinajstić information content (AvgIpc) is 3.13. The summed E-state index contributed by atoms with van der Waals surface area (Å²) < 4.78 is 2.08. The molecular weight excluding hydrogens is 266 g/mol. The lowest BCUT2D eigenvalue weighted by Gasteiger charge is -2.16. The summed E-state index contributed by atoms with van der Waals surface area (Å²) in [5, 5.41) is 12.7. The molecule has 0 saturated heterocycles. The third kappa shape index (κ3) is 3.93. The van der Waals surface area contributed by atoms with Crippen molar-refractivity contribution in [3.63, 3.8) is 0 Å². The summed E-state index contributed by atoms with van der Waals surface area (Å²) in [5.41, 5.74) is 2.55. The summed E-state index contributed by atoms with van der Waals surface area (Å²) in [6, 6.07) is 5.22. The Morgan fingerprint density at radius 3 is 2.85 bits per heavy atom. The summed E-state index contributed by atoms with van der Waals surface area (Å²) >= 11 is 1.76. The molecule has 1 N–H and O–H groups in total. The first-order chi connectivity index (χ1) is 9.74. The van der Waals surface area contributed by atoms with Gasteiger partial charge in [-0.3, -0.25) is 4.68 Å². The second-order valence-electron chi connectivity index (χ2n) is 5.31. The average molecular weight is 291 g/mol. The van der Waals surface area contributed by atoms with Crippen molar-refractivity contribution >= 4 is 11.3 Å². The number of hydrogen-bond donors (Lipinski definition) is 1. The third-order valence-corrected chi connectivity index (χ3v) is 4.41. The molecule has 4 heteroatoms. The highest BCUT2D eigenvalue weighted by Crippen LogP contribution is 2.21. The minimum absolute atomic E-state index is 0.376. The second-order valence-corrected chi connectivity index (χ2v) is 6.09. The van der Waals surface area contributed by atoms with Gasteiger partial charge in [-0.05, 0) is 54.8 Å². The van der Waals surface area contributed by atoms with Gasteiger partial charge in [0.2, 0.25) is 0 Å². The van der Waals surface area contributed by atoms with Crippen LogP contribution in [0.3, 0.4) is 0 Å². The van der Waals surface area contributed by atoms with Gasteiger partial charge in [-0.25, -0.2) is 0 Å². The first-order valence-electron chi connectivity index (χ1n) is 7.54. The van der Waals surface area contributed by atoms with Crippen LogP contribution in [0.1, 0.15) is 57.0 Å². The monoisotopic (exact) mass is 291 g/mol. The number of nitrogens with one attached hydrogen (secondary N) is 1. The lowest BCUT2D eigenvalue weighted by Crippen LogP contribution is -2.24. The fourth-order valence-corrected chi connectivity index (χ4v) is 2.94. The van der Waals surface area contributed by atoms with E-state index < -0.39 is 0 Å². The van der Waals surface area contributed by atoms with Gasteiger partial charge >= 0.3 is 0 Å². The first-order valence-corrected chi connectivity index (χ1v) is 8.48. The normalized spacial score (nSPS) is 14.3. The van der Waals surface area contributed by atoms with Gasteiger partial charge < -0.3 is 5.32 Å². The van der Waals surface area contributed by atoms with Crippen molar-refractivity contribution in [2.75, 3.05) is 6.54 Å². The van der Waals surface area contributed by atoms with Gasteiger partial charge in [0.1, 0.15) is 0 Å². The van der Waals surface area contributed by atoms with Crippen LogP contribution in [0.2, 0.25) is 0 Å². The van der Waals surface area contributed by atoms with Crippen LogP contribution in [-0.4, -0.2) is 16.3 Å². The molecule has 0 aliphatic heterocycles. The summed E-state index contributed by atoms with van der Waals surface area (Å²) in [4.78, 5) is 0. The third-order valence-electron chi connectivity index (χ3n) is 3.71. The maximum Gasteiger partial charge on any atom is 0.0643 e. The maximum absolute atomic E-state index is 4.72. The Morgan fingerprint density at radius 1 is 1.35 bits per heavy atom. The van der Waals surface area contributed by atoms with Crippen molar-refractivity contribution in [2.24, 2.45) is 0 Å². The van der Waals surface area contributed by atoms with E-state index in [1.807, 2.05) is 0 Å². The molecule has 2 aromatic rings. The van der Waals surface area contributed by atoms with E-state index in [1.165, 1.54) is 11.3 Å². The fourth-order valence-electron chi connectivity index (χ4n) is 2.23. The van der Waals surface area contributed by atoms with Crippen LogP contribution in [-0.2, 0) is 6.42 Å². The van der Waals surface area contributed by atoms with E-state index >= 15 is 0 Å². The Balaban J connectivity index is 2.05. The summed E-state index contributed by atoms with van der Waals surface area (Å²) in [6.07, 6.45) is 5.33. The molecule has 0 saturated carbocycles. The van der Waals surface area contributed by atoms with E-state index in [0.29, 0.717) is 12.1 Å². The number of thiophene rings is 1. The van der Waals surface area contributed by atoms with Gasteiger partial charge in [-0.15, -0.1) is 0 Å². The van der Waals surface area contributed by atoms with E-state index in [9.17, 15) is 0 Å². The molecule has 0 aromatic carbocycles. The Bertz CT molecular complexity index is 490. The van der Waals surface area contributed by atoms with Crippen LogP contribution in [0.5, 0.6) is 0 Å². The van der Waals surface area contributed by atoms with Crippen LogP contribution in [0.4, 0.5) is 0 Å². The Hall–Kier alpha value is -1.13. The molecule has 0 amide bonds. The second kappa shape index (κ2) is 7.60. The molecule has 2 atom stereocenters. The largest absolute Gasteiger partial charge is 0.310 e. The molecule has 0 radical (unpaired) electrons. The molecule has 0 spiro atoms. The van der Waals surface area contributed by atoms with Crippen molar-refractivity contribution in [3.8, 4) is 0 Å². The molecule has 0 fully saturated rings. The van der Waals surface area contributed by atoms with Crippen LogP contribution >= 0.6 is 11.3 Å². The van der Waals surface area contributed by atoms with Crippen molar-refractivity contribution in [1.29, 1.82) is 0 Å². The maximum atomic E-state index is 4.72. The van der Waals surface area contributed by atoms with Crippen molar-refractivity contribution < 1.29 is 0 Å². The number of nitrogens with zero attached hydrogens (tertiary/aromatic N) is 2. The highest BCUT2D eigenvalue weighted by Gasteiger charge is 2.14. The standard InChI is InChI=1S/C16H25N3S/c1-4-8-17-16(14-7-10-20-12-14)11-15-6-9-19(18-15)13(3)5-2/h6-7,9-10,12-13,16-17H,4-5,8,11H2,1-3H3. The topological polar surface area (TPSA) is 29.9 Å². The zero-order valence-corrected chi connectivity index (χ0v) is 13.5. The van der Waals surface area contributed by atoms with Gasteiger partial charge in [0.05, 0.1) is 5.69 Å². The number of aromatic nitrogens is 2. The van der Waals surface area contributed by atoms with Crippen molar-refractivity contribution in [2.45, 2.75) is 52.1 Å². The molecule has 3 nitrogen and oxygen atoms in total. The van der Waals surface area contributed by atoms with Gasteiger partial charge in [0.15, 0.2) is 0 Å². The predicted molar refractivity (Wildman–Crippen MR) is 86.3 cm³/mol. The summed E-state index contributed by atoms with van der Waals surface area (Å²) in [6.45, 7) is 7.66. The van der Waals surface area contributed by atoms with Crippen molar-refractivity contribution in [3.05, 3.63) is 40.3 Å². The SMILES string of the molecule is CCCNC(Cc1ccn(C(C)CC)n1)c1ccsc1. The molecule has 2 rings (SSSR count). The van der Waals surface area contributed by atoms with Crippen LogP contribution < -0.4 is 5.32 Å². The molecule has 2 unspecified atom stereocenters. The van der Waals surface area contributed by atoms with E-state index in [1.54, 1.807) is 11.3 Å². The Labute approximate surface area is 126 Å². The van der Waals surface area contributed by atoms with Gasteiger partial charge in [-0.2, -0.15) is 16.4 Å². The minimum Gasteiger partial charge on any atom is -0.310 e. The molecular formula is C16H25N3S.